The molecule has 0 saturated carbocycles. The zero-order chi connectivity index (χ0) is 13.3. The minimum absolute atomic E-state index is 0.410. The van der Waals surface area contributed by atoms with E-state index >= 15 is 0 Å². The van der Waals surface area contributed by atoms with Crippen LogP contribution >= 0.6 is 0 Å². The summed E-state index contributed by atoms with van der Waals surface area (Å²) in [6, 6.07) is 1.39. The normalized spacial score (nSPS) is 17.1. The van der Waals surface area contributed by atoms with Gasteiger partial charge in [0.25, 0.3) is 0 Å². The van der Waals surface area contributed by atoms with E-state index in [0.717, 1.165) is 26.2 Å². The van der Waals surface area contributed by atoms with Gasteiger partial charge in [-0.2, -0.15) is 0 Å². The number of nitrogens with zero attached hydrogens (tertiary/aromatic N) is 1. The van der Waals surface area contributed by atoms with Crippen molar-refractivity contribution in [3.8, 4) is 0 Å². The molecule has 0 aliphatic heterocycles. The highest BCUT2D eigenvalue weighted by atomic mass is 16.5. The summed E-state index contributed by atoms with van der Waals surface area (Å²) >= 11 is 0. The fourth-order valence-corrected chi connectivity index (χ4v) is 2.38. The number of hydrogen-bond acceptors (Lipinski definition) is 4. The van der Waals surface area contributed by atoms with Crippen LogP contribution in [0.15, 0.2) is 0 Å². The number of likely N-dealkylation sites (N-methyl/N-ethyl adjacent to an activating group) is 1. The van der Waals surface area contributed by atoms with Crippen LogP contribution in [0.3, 0.4) is 0 Å². The highest BCUT2D eigenvalue weighted by molar-refractivity contribution is 4.82. The predicted octanol–water partition coefficient (Wildman–Crippen LogP) is 1.36. The maximum Gasteiger partial charge on any atom is 0.0615 e. The van der Waals surface area contributed by atoms with Crippen molar-refractivity contribution in [2.24, 2.45) is 0 Å². The van der Waals surface area contributed by atoms with Gasteiger partial charge in [0.15, 0.2) is 0 Å². The van der Waals surface area contributed by atoms with E-state index < -0.39 is 0 Å². The van der Waals surface area contributed by atoms with Gasteiger partial charge in [0, 0.05) is 38.9 Å². The van der Waals surface area contributed by atoms with Gasteiger partial charge in [0.1, 0.15) is 0 Å². The van der Waals surface area contributed by atoms with Crippen LogP contribution in [0.4, 0.5) is 0 Å². The van der Waals surface area contributed by atoms with E-state index in [-0.39, 0.29) is 0 Å². The summed E-state index contributed by atoms with van der Waals surface area (Å²) in [5, 5.41) is 3.38. The second kappa shape index (κ2) is 9.83. The van der Waals surface area contributed by atoms with E-state index in [1.807, 2.05) is 7.05 Å². The Kier molecular flexibility index (Phi) is 9.74. The van der Waals surface area contributed by atoms with Crippen LogP contribution in [-0.2, 0) is 9.47 Å². The number of nitrogens with one attached hydrogen (secondary N) is 1. The fourth-order valence-electron chi connectivity index (χ4n) is 2.38. The summed E-state index contributed by atoms with van der Waals surface area (Å²) in [6.07, 6.45) is 1.13. The average Bonchev–Trinajstić information content (AvgIpc) is 2.31. The Bertz CT molecular complexity index is 175. The highest BCUT2D eigenvalue weighted by Crippen LogP contribution is 2.12. The molecule has 0 aromatic heterocycles. The lowest BCUT2D eigenvalue weighted by Crippen LogP contribution is -2.52. The largest absolute Gasteiger partial charge is 0.383 e. The van der Waals surface area contributed by atoms with Gasteiger partial charge in [-0.1, -0.05) is 6.92 Å². The lowest BCUT2D eigenvalue weighted by atomic mass is 10.0. The van der Waals surface area contributed by atoms with Crippen molar-refractivity contribution >= 4 is 0 Å². The van der Waals surface area contributed by atoms with Crippen molar-refractivity contribution in [2.45, 2.75) is 45.3 Å². The molecule has 1 N–H and O–H groups in total. The van der Waals surface area contributed by atoms with Crippen molar-refractivity contribution in [1.82, 2.24) is 10.2 Å². The summed E-state index contributed by atoms with van der Waals surface area (Å²) in [6.45, 7) is 9.16. The SMILES string of the molecule is CCC(NC)C(C)N(CCOC)C(C)COC. The first-order valence-electron chi connectivity index (χ1n) is 6.53. The molecule has 3 unspecified atom stereocenters. The third-order valence-electron chi connectivity index (χ3n) is 3.44. The highest BCUT2D eigenvalue weighted by Gasteiger charge is 2.24. The lowest BCUT2D eigenvalue weighted by Gasteiger charge is -2.38. The second-order valence-electron chi connectivity index (χ2n) is 4.58. The van der Waals surface area contributed by atoms with Crippen LogP contribution in [-0.4, -0.2) is 64.1 Å². The minimum Gasteiger partial charge on any atom is -0.383 e. The van der Waals surface area contributed by atoms with E-state index in [0.29, 0.717) is 18.1 Å². The van der Waals surface area contributed by atoms with Crippen molar-refractivity contribution in [2.75, 3.05) is 41.0 Å². The van der Waals surface area contributed by atoms with Crippen LogP contribution in [0.25, 0.3) is 0 Å². The van der Waals surface area contributed by atoms with Crippen molar-refractivity contribution in [3.05, 3.63) is 0 Å². The first-order valence-corrected chi connectivity index (χ1v) is 6.53. The first kappa shape index (κ1) is 16.8. The Morgan fingerprint density at radius 2 is 1.82 bits per heavy atom. The monoisotopic (exact) mass is 246 g/mol. The fraction of sp³-hybridized carbons (Fsp3) is 1.00. The third-order valence-corrected chi connectivity index (χ3v) is 3.44. The van der Waals surface area contributed by atoms with Gasteiger partial charge in [-0.05, 0) is 27.3 Å². The van der Waals surface area contributed by atoms with Gasteiger partial charge in [0.05, 0.1) is 13.2 Å². The standard InChI is InChI=1S/C13H30N2O2/c1-7-13(14-4)12(3)15(8-9-16-5)11(2)10-17-6/h11-14H,7-10H2,1-6H3. The lowest BCUT2D eigenvalue weighted by molar-refractivity contribution is 0.0407. The number of methoxy groups -OCH3 is 2. The minimum atomic E-state index is 0.410. The number of ether oxygens (including phenoxy) is 2. The molecule has 0 radical (unpaired) electrons. The predicted molar refractivity (Wildman–Crippen MR) is 72.5 cm³/mol. The van der Waals surface area contributed by atoms with Crippen LogP contribution in [0, 0.1) is 0 Å². The Balaban J connectivity index is 4.52. The molecule has 0 spiro atoms. The van der Waals surface area contributed by atoms with E-state index in [1.165, 1.54) is 0 Å². The molecule has 0 aromatic carbocycles. The molecule has 0 fully saturated rings. The van der Waals surface area contributed by atoms with E-state index in [2.05, 4.69) is 31.0 Å². The molecule has 0 aromatic rings. The molecule has 17 heavy (non-hydrogen) atoms. The molecule has 3 atom stereocenters. The summed E-state index contributed by atoms with van der Waals surface area (Å²) in [5.41, 5.74) is 0. The van der Waals surface area contributed by atoms with Crippen molar-refractivity contribution in [3.63, 3.8) is 0 Å². The molecule has 4 nitrogen and oxygen atoms in total. The number of rotatable bonds is 10. The third kappa shape index (κ3) is 5.82. The molecule has 0 bridgehead atoms. The van der Waals surface area contributed by atoms with Gasteiger partial charge < -0.3 is 14.8 Å². The zero-order valence-corrected chi connectivity index (χ0v) is 12.3. The van der Waals surface area contributed by atoms with Gasteiger partial charge >= 0.3 is 0 Å². The topological polar surface area (TPSA) is 33.7 Å². The quantitative estimate of drug-likeness (QED) is 0.631. The van der Waals surface area contributed by atoms with Crippen molar-refractivity contribution in [1.29, 1.82) is 0 Å². The molecule has 0 amide bonds. The molecule has 0 aliphatic carbocycles. The Morgan fingerprint density at radius 1 is 1.18 bits per heavy atom. The second-order valence-corrected chi connectivity index (χ2v) is 4.58. The average molecular weight is 246 g/mol. The first-order chi connectivity index (χ1) is 8.12. The summed E-state index contributed by atoms with van der Waals surface area (Å²) in [4.78, 5) is 2.46. The number of hydrogen-bond donors (Lipinski definition) is 1. The Morgan fingerprint density at radius 3 is 2.24 bits per heavy atom. The van der Waals surface area contributed by atoms with Crippen LogP contribution < -0.4 is 5.32 Å². The Hall–Kier alpha value is -0.160. The molecule has 0 saturated heterocycles. The molecule has 0 heterocycles. The summed E-state index contributed by atoms with van der Waals surface area (Å²) < 4.78 is 10.5. The maximum absolute atomic E-state index is 5.26. The van der Waals surface area contributed by atoms with Gasteiger partial charge in [0.2, 0.25) is 0 Å². The van der Waals surface area contributed by atoms with Crippen LogP contribution in [0.2, 0.25) is 0 Å². The molecule has 4 heteroatoms. The summed E-state index contributed by atoms with van der Waals surface area (Å²) in [5.74, 6) is 0. The van der Waals surface area contributed by atoms with Crippen LogP contribution in [0.5, 0.6) is 0 Å². The molecular formula is C13H30N2O2. The Labute approximate surface area is 107 Å². The van der Waals surface area contributed by atoms with Gasteiger partial charge in [-0.25, -0.2) is 0 Å². The maximum atomic E-state index is 5.26. The van der Waals surface area contributed by atoms with E-state index in [4.69, 9.17) is 9.47 Å². The van der Waals surface area contributed by atoms with Crippen LogP contribution in [0.1, 0.15) is 27.2 Å². The van der Waals surface area contributed by atoms with E-state index in [1.54, 1.807) is 14.2 Å². The van der Waals surface area contributed by atoms with Crippen molar-refractivity contribution < 1.29 is 9.47 Å². The molecule has 0 rings (SSSR count). The van der Waals surface area contributed by atoms with Gasteiger partial charge in [-0.15, -0.1) is 0 Å². The molecule has 104 valence electrons. The molecular weight excluding hydrogens is 216 g/mol. The van der Waals surface area contributed by atoms with E-state index in [9.17, 15) is 0 Å². The summed E-state index contributed by atoms with van der Waals surface area (Å²) in [7, 11) is 5.53. The van der Waals surface area contributed by atoms with Gasteiger partial charge in [-0.3, -0.25) is 4.90 Å². The smallest absolute Gasteiger partial charge is 0.0615 e. The zero-order valence-electron chi connectivity index (χ0n) is 12.3. The molecule has 0 aliphatic rings.